The van der Waals surface area contributed by atoms with Gasteiger partial charge in [0, 0.05) is 0 Å². The molecule has 0 heterocycles. The summed E-state index contributed by atoms with van der Waals surface area (Å²) in [4.78, 5) is 0. The van der Waals surface area contributed by atoms with E-state index in [1.807, 2.05) is 18.2 Å². The molecule has 0 saturated carbocycles. The first-order chi connectivity index (χ1) is 11.5. The summed E-state index contributed by atoms with van der Waals surface area (Å²) in [6, 6.07) is 27.3. The third-order valence-corrected chi connectivity index (χ3v) is 4.15. The van der Waals surface area contributed by atoms with Crippen molar-refractivity contribution >= 4 is 0 Å². The molecule has 0 aliphatic heterocycles. The lowest BCUT2D eigenvalue weighted by atomic mass is 9.82. The van der Waals surface area contributed by atoms with Crippen molar-refractivity contribution < 1.29 is 4.74 Å². The summed E-state index contributed by atoms with van der Waals surface area (Å²) in [7, 11) is 0. The second-order valence-electron chi connectivity index (χ2n) is 7.09. The second-order valence-corrected chi connectivity index (χ2v) is 7.09. The minimum atomic E-state index is 0.124. The van der Waals surface area contributed by atoms with Crippen LogP contribution in [0.4, 0.5) is 0 Å². The topological polar surface area (TPSA) is 9.23 Å². The molecule has 0 spiro atoms. The van der Waals surface area contributed by atoms with Crippen molar-refractivity contribution in [1.29, 1.82) is 0 Å². The first-order valence-electron chi connectivity index (χ1n) is 8.41. The van der Waals surface area contributed by atoms with Gasteiger partial charge in [0.2, 0.25) is 0 Å². The monoisotopic (exact) mass is 316 g/mol. The zero-order valence-electron chi connectivity index (χ0n) is 14.6. The van der Waals surface area contributed by atoms with Crippen molar-refractivity contribution in [2.24, 2.45) is 0 Å². The number of rotatable bonds is 4. The van der Waals surface area contributed by atoms with Gasteiger partial charge in [0.25, 0.3) is 0 Å². The molecule has 0 bridgehead atoms. The van der Waals surface area contributed by atoms with E-state index in [4.69, 9.17) is 4.74 Å². The molecule has 122 valence electrons. The summed E-state index contributed by atoms with van der Waals surface area (Å²) in [5, 5.41) is 0. The Morgan fingerprint density at radius 2 is 1.33 bits per heavy atom. The molecule has 3 aromatic carbocycles. The van der Waals surface area contributed by atoms with Crippen LogP contribution in [0, 0.1) is 0 Å². The summed E-state index contributed by atoms with van der Waals surface area (Å²) in [6.07, 6.45) is 0. The highest BCUT2D eigenvalue weighted by atomic mass is 16.5. The summed E-state index contributed by atoms with van der Waals surface area (Å²) < 4.78 is 5.88. The molecule has 0 N–H and O–H groups in total. The van der Waals surface area contributed by atoms with Crippen molar-refractivity contribution in [3.63, 3.8) is 0 Å². The van der Waals surface area contributed by atoms with E-state index >= 15 is 0 Å². The largest absolute Gasteiger partial charge is 0.489 e. The molecule has 0 unspecified atom stereocenters. The Labute approximate surface area is 144 Å². The van der Waals surface area contributed by atoms with Gasteiger partial charge in [-0.2, -0.15) is 0 Å². The van der Waals surface area contributed by atoms with Gasteiger partial charge < -0.3 is 4.74 Å². The van der Waals surface area contributed by atoms with E-state index in [-0.39, 0.29) is 5.41 Å². The first-order valence-corrected chi connectivity index (χ1v) is 8.41. The molecule has 0 aliphatic carbocycles. The first kappa shape index (κ1) is 16.3. The molecule has 1 nitrogen and oxygen atoms in total. The van der Waals surface area contributed by atoms with Gasteiger partial charge in [0.05, 0.1) is 0 Å². The van der Waals surface area contributed by atoms with Gasteiger partial charge in [0.15, 0.2) is 0 Å². The molecule has 0 radical (unpaired) electrons. The highest BCUT2D eigenvalue weighted by Crippen LogP contribution is 2.33. The SMILES string of the molecule is CC(C)(C)c1ccccc1-c1ccc(OCc2ccccc2)cc1. The zero-order chi connectivity index (χ0) is 17.0. The Morgan fingerprint density at radius 1 is 0.708 bits per heavy atom. The van der Waals surface area contributed by atoms with Crippen LogP contribution in [0.5, 0.6) is 5.75 Å². The third-order valence-electron chi connectivity index (χ3n) is 4.15. The van der Waals surface area contributed by atoms with E-state index in [1.54, 1.807) is 0 Å². The molecule has 0 amide bonds. The Bertz CT molecular complexity index is 780. The lowest BCUT2D eigenvalue weighted by Gasteiger charge is -2.23. The maximum atomic E-state index is 5.88. The Balaban J connectivity index is 1.78. The van der Waals surface area contributed by atoms with Crippen molar-refractivity contribution in [3.05, 3.63) is 90.0 Å². The molecular formula is C23H24O. The van der Waals surface area contributed by atoms with Crippen molar-refractivity contribution in [2.45, 2.75) is 32.8 Å². The molecule has 3 aromatic rings. The molecule has 0 fully saturated rings. The zero-order valence-corrected chi connectivity index (χ0v) is 14.6. The van der Waals surface area contributed by atoms with Crippen LogP contribution < -0.4 is 4.74 Å². The Hall–Kier alpha value is -2.54. The summed E-state index contributed by atoms with van der Waals surface area (Å²) in [5.74, 6) is 0.899. The normalized spacial score (nSPS) is 11.3. The fraction of sp³-hybridized carbons (Fsp3) is 0.217. The molecule has 0 aromatic heterocycles. The van der Waals surface area contributed by atoms with Gasteiger partial charge in [-0.25, -0.2) is 0 Å². The number of ether oxygens (including phenoxy) is 1. The van der Waals surface area contributed by atoms with Gasteiger partial charge in [-0.3, -0.25) is 0 Å². The maximum Gasteiger partial charge on any atom is 0.119 e. The average Bonchev–Trinajstić information content (AvgIpc) is 2.61. The molecule has 0 aliphatic rings. The molecular weight excluding hydrogens is 292 g/mol. The van der Waals surface area contributed by atoms with Crippen LogP contribution >= 0.6 is 0 Å². The van der Waals surface area contributed by atoms with Crippen molar-refractivity contribution in [2.75, 3.05) is 0 Å². The van der Waals surface area contributed by atoms with Crippen LogP contribution in [-0.4, -0.2) is 0 Å². The highest BCUT2D eigenvalue weighted by Gasteiger charge is 2.18. The van der Waals surface area contributed by atoms with Crippen LogP contribution in [0.25, 0.3) is 11.1 Å². The van der Waals surface area contributed by atoms with Gasteiger partial charge in [-0.1, -0.05) is 87.5 Å². The van der Waals surface area contributed by atoms with E-state index < -0.39 is 0 Å². The minimum absolute atomic E-state index is 0.124. The van der Waals surface area contributed by atoms with Crippen LogP contribution in [0.2, 0.25) is 0 Å². The molecule has 3 rings (SSSR count). The fourth-order valence-corrected chi connectivity index (χ4v) is 2.86. The third kappa shape index (κ3) is 3.86. The van der Waals surface area contributed by atoms with E-state index in [0.29, 0.717) is 6.61 Å². The van der Waals surface area contributed by atoms with Crippen molar-refractivity contribution in [1.82, 2.24) is 0 Å². The minimum Gasteiger partial charge on any atom is -0.489 e. The van der Waals surface area contributed by atoms with Gasteiger partial charge in [0.1, 0.15) is 12.4 Å². The number of benzene rings is 3. The van der Waals surface area contributed by atoms with E-state index in [0.717, 1.165) is 5.75 Å². The standard InChI is InChI=1S/C23H24O/c1-23(2,3)22-12-8-7-11-21(22)19-13-15-20(16-14-19)24-17-18-9-5-4-6-10-18/h4-16H,17H2,1-3H3. The summed E-state index contributed by atoms with van der Waals surface area (Å²) >= 11 is 0. The predicted octanol–water partition coefficient (Wildman–Crippen LogP) is 6.23. The van der Waals surface area contributed by atoms with Crippen LogP contribution in [-0.2, 0) is 12.0 Å². The van der Waals surface area contributed by atoms with Crippen molar-refractivity contribution in [3.8, 4) is 16.9 Å². The fourth-order valence-electron chi connectivity index (χ4n) is 2.86. The van der Waals surface area contributed by atoms with Gasteiger partial charge in [-0.05, 0) is 39.8 Å². The number of hydrogen-bond acceptors (Lipinski definition) is 1. The van der Waals surface area contributed by atoms with Gasteiger partial charge in [-0.15, -0.1) is 0 Å². The average molecular weight is 316 g/mol. The smallest absolute Gasteiger partial charge is 0.119 e. The van der Waals surface area contributed by atoms with Crippen LogP contribution in [0.3, 0.4) is 0 Å². The molecule has 0 atom stereocenters. The van der Waals surface area contributed by atoms with Gasteiger partial charge >= 0.3 is 0 Å². The maximum absolute atomic E-state index is 5.88. The summed E-state index contributed by atoms with van der Waals surface area (Å²) in [5.41, 5.74) is 5.19. The van der Waals surface area contributed by atoms with E-state index in [1.165, 1.54) is 22.3 Å². The van der Waals surface area contributed by atoms with Crippen LogP contribution in [0.1, 0.15) is 31.9 Å². The Morgan fingerprint density at radius 3 is 2.00 bits per heavy atom. The quantitative estimate of drug-likeness (QED) is 0.554. The van der Waals surface area contributed by atoms with E-state index in [9.17, 15) is 0 Å². The van der Waals surface area contributed by atoms with E-state index in [2.05, 4.69) is 81.4 Å². The Kier molecular flexibility index (Phi) is 4.71. The molecule has 1 heteroatoms. The van der Waals surface area contributed by atoms with Crippen LogP contribution in [0.15, 0.2) is 78.9 Å². The molecule has 24 heavy (non-hydrogen) atoms. The lowest BCUT2D eigenvalue weighted by Crippen LogP contribution is -2.12. The second kappa shape index (κ2) is 6.92. The number of hydrogen-bond donors (Lipinski definition) is 0. The summed E-state index contributed by atoms with van der Waals surface area (Å²) in [6.45, 7) is 7.36. The highest BCUT2D eigenvalue weighted by molar-refractivity contribution is 5.69. The molecule has 0 saturated heterocycles. The predicted molar refractivity (Wildman–Crippen MR) is 101 cm³/mol. The lowest BCUT2D eigenvalue weighted by molar-refractivity contribution is 0.306.